The molecule has 0 bridgehead atoms. The van der Waals surface area contributed by atoms with Gasteiger partial charge in [-0.15, -0.1) is 11.6 Å². The molecule has 1 aromatic rings. The maximum atomic E-state index is 12.4. The number of halogens is 3. The van der Waals surface area contributed by atoms with Crippen molar-refractivity contribution in [2.75, 3.05) is 26.1 Å². The lowest BCUT2D eigenvalue weighted by Gasteiger charge is -2.21. The summed E-state index contributed by atoms with van der Waals surface area (Å²) in [6.45, 7) is -0.811. The van der Waals surface area contributed by atoms with E-state index < -0.39 is 23.8 Å². The smallest absolute Gasteiger partial charge is 0.310 e. The van der Waals surface area contributed by atoms with Crippen molar-refractivity contribution in [1.82, 2.24) is 4.90 Å². The molecule has 0 aliphatic carbocycles. The lowest BCUT2D eigenvalue weighted by Crippen LogP contribution is -2.36. The number of nitro benzene ring substituents is 1. The van der Waals surface area contributed by atoms with Gasteiger partial charge in [0.1, 0.15) is 0 Å². The lowest BCUT2D eigenvalue weighted by molar-refractivity contribution is -0.385. The van der Waals surface area contributed by atoms with Crippen molar-refractivity contribution in [2.45, 2.75) is 6.43 Å². The van der Waals surface area contributed by atoms with E-state index in [9.17, 15) is 23.7 Å². The summed E-state index contributed by atoms with van der Waals surface area (Å²) in [4.78, 5) is 23.1. The molecule has 0 radical (unpaired) electrons. The molecule has 1 aromatic carbocycles. The predicted octanol–water partition coefficient (Wildman–Crippen LogP) is 2.55. The van der Waals surface area contributed by atoms with E-state index >= 15 is 0 Å². The second kappa shape index (κ2) is 7.72. The van der Waals surface area contributed by atoms with E-state index in [4.69, 9.17) is 16.3 Å². The van der Waals surface area contributed by atoms with Crippen molar-refractivity contribution in [3.8, 4) is 5.75 Å². The molecular formula is C12H13ClF2N2O4. The third kappa shape index (κ3) is 4.52. The Morgan fingerprint density at radius 3 is 2.67 bits per heavy atom. The van der Waals surface area contributed by atoms with Gasteiger partial charge in [0.05, 0.1) is 18.6 Å². The molecule has 0 spiro atoms. The van der Waals surface area contributed by atoms with Gasteiger partial charge in [-0.05, 0) is 6.07 Å². The van der Waals surface area contributed by atoms with Crippen LogP contribution in [0.3, 0.4) is 0 Å². The molecule has 0 heterocycles. The number of alkyl halides is 3. The van der Waals surface area contributed by atoms with Crippen LogP contribution in [-0.4, -0.2) is 48.2 Å². The summed E-state index contributed by atoms with van der Waals surface area (Å²) >= 11 is 5.48. The molecule has 0 atom stereocenters. The number of carbonyl (C=O) groups is 1. The van der Waals surface area contributed by atoms with E-state index in [0.717, 1.165) is 17.0 Å². The van der Waals surface area contributed by atoms with Crippen molar-refractivity contribution < 1.29 is 23.2 Å². The van der Waals surface area contributed by atoms with Gasteiger partial charge in [-0.1, -0.05) is 0 Å². The zero-order valence-electron chi connectivity index (χ0n) is 11.1. The number of benzene rings is 1. The fourth-order valence-corrected chi connectivity index (χ4v) is 1.89. The van der Waals surface area contributed by atoms with Gasteiger partial charge in [-0.2, -0.15) is 0 Å². The molecule has 0 unspecified atom stereocenters. The Labute approximate surface area is 124 Å². The van der Waals surface area contributed by atoms with Crippen LogP contribution in [0.2, 0.25) is 0 Å². The van der Waals surface area contributed by atoms with E-state index in [1.807, 2.05) is 0 Å². The zero-order chi connectivity index (χ0) is 16.0. The molecule has 1 amide bonds. The van der Waals surface area contributed by atoms with Crippen LogP contribution >= 0.6 is 11.6 Å². The summed E-state index contributed by atoms with van der Waals surface area (Å²) in [6, 6.07) is 3.43. The Balaban J connectivity index is 3.07. The van der Waals surface area contributed by atoms with E-state index in [1.54, 1.807) is 0 Å². The minimum atomic E-state index is -2.70. The van der Waals surface area contributed by atoms with Crippen molar-refractivity contribution >= 4 is 23.2 Å². The number of methoxy groups -OCH3 is 1. The summed E-state index contributed by atoms with van der Waals surface area (Å²) in [5.41, 5.74) is -0.296. The van der Waals surface area contributed by atoms with Crippen molar-refractivity contribution in [2.24, 2.45) is 0 Å². The van der Waals surface area contributed by atoms with E-state index in [1.165, 1.54) is 13.2 Å². The van der Waals surface area contributed by atoms with Gasteiger partial charge in [0.2, 0.25) is 0 Å². The Hall–Kier alpha value is -1.96. The Morgan fingerprint density at radius 1 is 1.52 bits per heavy atom. The first-order valence-corrected chi connectivity index (χ1v) is 6.40. The quantitative estimate of drug-likeness (QED) is 0.439. The van der Waals surface area contributed by atoms with Crippen molar-refractivity contribution in [3.63, 3.8) is 0 Å². The molecule has 116 valence electrons. The molecule has 6 nitrogen and oxygen atoms in total. The fraction of sp³-hybridized carbons (Fsp3) is 0.417. The van der Waals surface area contributed by atoms with Crippen molar-refractivity contribution in [1.29, 1.82) is 0 Å². The number of hydrogen-bond acceptors (Lipinski definition) is 4. The number of nitrogens with zero attached hydrogens (tertiary/aromatic N) is 2. The van der Waals surface area contributed by atoms with Gasteiger partial charge in [-0.3, -0.25) is 14.9 Å². The molecule has 0 saturated heterocycles. The lowest BCUT2D eigenvalue weighted by atomic mass is 10.1. The molecule has 0 saturated carbocycles. The molecule has 1 rings (SSSR count). The Bertz CT molecular complexity index is 528. The summed E-state index contributed by atoms with van der Waals surface area (Å²) in [6.07, 6.45) is -2.70. The SMILES string of the molecule is COc1cc(C(=O)N(CCCl)CC(F)F)ccc1[N+](=O)[O-]. The summed E-state index contributed by atoms with van der Waals surface area (Å²) < 4.78 is 29.7. The average molecular weight is 323 g/mol. The Kier molecular flexibility index (Phi) is 6.29. The zero-order valence-corrected chi connectivity index (χ0v) is 11.8. The highest BCUT2D eigenvalue weighted by Crippen LogP contribution is 2.28. The van der Waals surface area contributed by atoms with Crippen molar-refractivity contribution in [3.05, 3.63) is 33.9 Å². The number of rotatable bonds is 7. The Morgan fingerprint density at radius 2 is 2.19 bits per heavy atom. The van der Waals surface area contributed by atoms with Crippen LogP contribution in [0, 0.1) is 10.1 Å². The molecule has 0 aliphatic rings. The molecule has 0 aromatic heterocycles. The topological polar surface area (TPSA) is 72.7 Å². The van der Waals surface area contributed by atoms with Gasteiger partial charge < -0.3 is 9.64 Å². The van der Waals surface area contributed by atoms with Crippen LogP contribution < -0.4 is 4.74 Å². The number of nitro groups is 1. The van der Waals surface area contributed by atoms with Gasteiger partial charge in [0.15, 0.2) is 5.75 Å². The summed E-state index contributed by atoms with van der Waals surface area (Å²) in [7, 11) is 1.21. The predicted molar refractivity (Wildman–Crippen MR) is 72.3 cm³/mol. The maximum Gasteiger partial charge on any atom is 0.310 e. The van der Waals surface area contributed by atoms with E-state index in [0.29, 0.717) is 0 Å². The molecule has 9 heteroatoms. The normalized spacial score (nSPS) is 10.5. The molecule has 0 aliphatic heterocycles. The second-order valence-electron chi connectivity index (χ2n) is 3.97. The highest BCUT2D eigenvalue weighted by atomic mass is 35.5. The first kappa shape index (κ1) is 17.1. The van der Waals surface area contributed by atoms with Crippen LogP contribution in [-0.2, 0) is 0 Å². The monoisotopic (exact) mass is 322 g/mol. The van der Waals surface area contributed by atoms with Gasteiger partial charge in [-0.25, -0.2) is 8.78 Å². The van der Waals surface area contributed by atoms with E-state index in [2.05, 4.69) is 0 Å². The van der Waals surface area contributed by atoms with Crippen LogP contribution in [0.25, 0.3) is 0 Å². The molecule has 0 fully saturated rings. The van der Waals surface area contributed by atoms with Crippen LogP contribution in [0.15, 0.2) is 18.2 Å². The number of carbonyl (C=O) groups excluding carboxylic acids is 1. The summed E-state index contributed by atoms with van der Waals surface area (Å²) in [5.74, 6) is -0.805. The standard InChI is InChI=1S/C12H13ClF2N2O4/c1-21-10-6-8(2-3-9(10)17(19)20)12(18)16(5-4-13)7-11(14)15/h2-3,6,11H,4-5,7H2,1H3. The molecule has 21 heavy (non-hydrogen) atoms. The molecular weight excluding hydrogens is 310 g/mol. The van der Waals surface area contributed by atoms with E-state index in [-0.39, 0.29) is 29.4 Å². The largest absolute Gasteiger partial charge is 0.490 e. The van der Waals surface area contributed by atoms with Crippen LogP contribution in [0.4, 0.5) is 14.5 Å². The van der Waals surface area contributed by atoms with Gasteiger partial charge >= 0.3 is 5.69 Å². The minimum absolute atomic E-state index is 0.00256. The first-order chi connectivity index (χ1) is 9.90. The summed E-state index contributed by atoms with van der Waals surface area (Å²) in [5, 5.41) is 10.8. The highest BCUT2D eigenvalue weighted by Gasteiger charge is 2.22. The number of ether oxygens (including phenoxy) is 1. The van der Waals surface area contributed by atoms with Gasteiger partial charge in [0, 0.05) is 30.1 Å². The first-order valence-electron chi connectivity index (χ1n) is 5.86. The van der Waals surface area contributed by atoms with Crippen LogP contribution in [0.5, 0.6) is 5.75 Å². The second-order valence-corrected chi connectivity index (χ2v) is 4.35. The van der Waals surface area contributed by atoms with Crippen LogP contribution in [0.1, 0.15) is 10.4 Å². The number of amides is 1. The third-order valence-electron chi connectivity index (χ3n) is 2.62. The van der Waals surface area contributed by atoms with Gasteiger partial charge in [0.25, 0.3) is 12.3 Å². The maximum absolute atomic E-state index is 12.4. The molecule has 0 N–H and O–H groups in total. The fourth-order valence-electron chi connectivity index (χ4n) is 1.69. The average Bonchev–Trinajstić information content (AvgIpc) is 2.44. The number of hydrogen-bond donors (Lipinski definition) is 0. The minimum Gasteiger partial charge on any atom is -0.490 e. The third-order valence-corrected chi connectivity index (χ3v) is 2.79. The highest BCUT2D eigenvalue weighted by molar-refractivity contribution is 6.18.